The highest BCUT2D eigenvalue weighted by atomic mass is 19.4. The third kappa shape index (κ3) is 4.09. The molecule has 1 saturated carbocycles. The molecule has 1 aromatic rings. The van der Waals surface area contributed by atoms with E-state index in [0.717, 1.165) is 18.6 Å². The van der Waals surface area contributed by atoms with E-state index < -0.39 is 22.4 Å². The van der Waals surface area contributed by atoms with Crippen LogP contribution in [0.25, 0.3) is 0 Å². The van der Waals surface area contributed by atoms with E-state index in [0.29, 0.717) is 12.5 Å². The number of nitro groups is 1. The number of nitrogens with one attached hydrogen (secondary N) is 1. The van der Waals surface area contributed by atoms with Gasteiger partial charge < -0.3 is 5.32 Å². The fourth-order valence-electron chi connectivity index (χ4n) is 2.75. The average molecular weight is 302 g/mol. The molecule has 0 spiro atoms. The molecule has 0 amide bonds. The van der Waals surface area contributed by atoms with Gasteiger partial charge in [-0.25, -0.2) is 0 Å². The zero-order valence-electron chi connectivity index (χ0n) is 11.4. The minimum atomic E-state index is -4.73. The molecule has 0 saturated heterocycles. The summed E-state index contributed by atoms with van der Waals surface area (Å²) in [5, 5.41) is 13.6. The van der Waals surface area contributed by atoms with E-state index in [1.807, 2.05) is 0 Å². The summed E-state index contributed by atoms with van der Waals surface area (Å²) < 4.78 is 38.5. The molecule has 0 aromatic heterocycles. The van der Waals surface area contributed by atoms with Crippen LogP contribution in [0.1, 0.15) is 37.7 Å². The van der Waals surface area contributed by atoms with E-state index in [-0.39, 0.29) is 5.69 Å². The predicted molar refractivity (Wildman–Crippen MR) is 73.2 cm³/mol. The van der Waals surface area contributed by atoms with Crippen molar-refractivity contribution in [1.82, 2.24) is 0 Å². The number of nitro benzene ring substituents is 1. The van der Waals surface area contributed by atoms with Crippen molar-refractivity contribution in [1.29, 1.82) is 0 Å². The largest absolute Gasteiger partial charge is 0.423 e. The zero-order valence-corrected chi connectivity index (χ0v) is 11.4. The van der Waals surface area contributed by atoms with Crippen LogP contribution in [0.2, 0.25) is 0 Å². The van der Waals surface area contributed by atoms with Crippen LogP contribution < -0.4 is 5.32 Å². The Balaban J connectivity index is 2.04. The van der Waals surface area contributed by atoms with Gasteiger partial charge in [-0.15, -0.1) is 0 Å². The molecule has 1 aromatic carbocycles. The number of rotatable bonds is 5. The maximum Gasteiger partial charge on any atom is 0.423 e. The maximum absolute atomic E-state index is 12.8. The lowest BCUT2D eigenvalue weighted by molar-refractivity contribution is -0.388. The number of hydrogen-bond acceptors (Lipinski definition) is 3. The van der Waals surface area contributed by atoms with Gasteiger partial charge in [-0.05, 0) is 24.5 Å². The lowest BCUT2D eigenvalue weighted by atomic mass is 10.0. The molecular formula is C14H17F3N2O2. The topological polar surface area (TPSA) is 55.2 Å². The van der Waals surface area contributed by atoms with E-state index in [1.54, 1.807) is 0 Å². The quantitative estimate of drug-likeness (QED) is 0.638. The van der Waals surface area contributed by atoms with Crippen LogP contribution in [0.4, 0.5) is 24.5 Å². The SMILES string of the molecule is O=[N+]([O-])c1ccc(NCCC2CCCC2)cc1C(F)(F)F. The zero-order chi connectivity index (χ0) is 15.5. The van der Waals surface area contributed by atoms with E-state index in [1.165, 1.54) is 31.7 Å². The van der Waals surface area contributed by atoms with Gasteiger partial charge in [0.05, 0.1) is 4.92 Å². The molecule has 1 aliphatic carbocycles. The minimum absolute atomic E-state index is 0.269. The summed E-state index contributed by atoms with van der Waals surface area (Å²) in [6, 6.07) is 3.04. The van der Waals surface area contributed by atoms with Crippen molar-refractivity contribution in [3.63, 3.8) is 0 Å². The van der Waals surface area contributed by atoms with Crippen molar-refractivity contribution in [3.05, 3.63) is 33.9 Å². The molecule has 0 aliphatic heterocycles. The van der Waals surface area contributed by atoms with Gasteiger partial charge in [0, 0.05) is 18.3 Å². The van der Waals surface area contributed by atoms with E-state index in [2.05, 4.69) is 5.32 Å². The van der Waals surface area contributed by atoms with Crippen LogP contribution in [0.5, 0.6) is 0 Å². The Morgan fingerprint density at radius 1 is 1.29 bits per heavy atom. The van der Waals surface area contributed by atoms with E-state index in [4.69, 9.17) is 0 Å². The van der Waals surface area contributed by atoms with Crippen LogP contribution in [-0.4, -0.2) is 11.5 Å². The molecular weight excluding hydrogens is 285 g/mol. The summed E-state index contributed by atoms with van der Waals surface area (Å²) in [7, 11) is 0. The van der Waals surface area contributed by atoms with Gasteiger partial charge in [0.15, 0.2) is 0 Å². The first-order chi connectivity index (χ1) is 9.88. The molecule has 7 heteroatoms. The Morgan fingerprint density at radius 3 is 2.52 bits per heavy atom. The van der Waals surface area contributed by atoms with Gasteiger partial charge in [-0.1, -0.05) is 25.7 Å². The first kappa shape index (κ1) is 15.6. The van der Waals surface area contributed by atoms with Crippen molar-refractivity contribution >= 4 is 11.4 Å². The molecule has 0 atom stereocenters. The molecule has 21 heavy (non-hydrogen) atoms. The van der Waals surface area contributed by atoms with Crippen molar-refractivity contribution in [3.8, 4) is 0 Å². The Bertz CT molecular complexity index is 511. The summed E-state index contributed by atoms with van der Waals surface area (Å²) in [4.78, 5) is 9.64. The van der Waals surface area contributed by atoms with Gasteiger partial charge in [0.1, 0.15) is 5.56 Å². The molecule has 116 valence electrons. The third-order valence-corrected chi connectivity index (χ3v) is 3.86. The fraction of sp³-hybridized carbons (Fsp3) is 0.571. The highest BCUT2D eigenvalue weighted by Crippen LogP contribution is 2.37. The smallest absolute Gasteiger partial charge is 0.385 e. The summed E-state index contributed by atoms with van der Waals surface area (Å²) in [5.74, 6) is 0.637. The van der Waals surface area contributed by atoms with E-state index in [9.17, 15) is 23.3 Å². The maximum atomic E-state index is 12.8. The average Bonchev–Trinajstić information content (AvgIpc) is 2.90. The summed E-state index contributed by atoms with van der Waals surface area (Å²) in [5.41, 5.74) is -1.85. The van der Waals surface area contributed by atoms with Crippen LogP contribution >= 0.6 is 0 Å². The monoisotopic (exact) mass is 302 g/mol. The van der Waals surface area contributed by atoms with Crippen LogP contribution in [0, 0.1) is 16.0 Å². The minimum Gasteiger partial charge on any atom is -0.385 e. The third-order valence-electron chi connectivity index (χ3n) is 3.86. The Labute approximate surface area is 120 Å². The molecule has 0 unspecified atom stereocenters. The molecule has 2 rings (SSSR count). The van der Waals surface area contributed by atoms with Gasteiger partial charge in [-0.2, -0.15) is 13.2 Å². The lowest BCUT2D eigenvalue weighted by Gasteiger charge is -2.13. The Morgan fingerprint density at radius 2 is 1.95 bits per heavy atom. The Kier molecular flexibility index (Phi) is 4.69. The molecule has 0 radical (unpaired) electrons. The number of alkyl halides is 3. The highest BCUT2D eigenvalue weighted by molar-refractivity contribution is 5.55. The fourth-order valence-corrected chi connectivity index (χ4v) is 2.75. The number of nitrogens with zero attached hydrogens (tertiary/aromatic N) is 1. The number of hydrogen-bond donors (Lipinski definition) is 1. The molecule has 1 N–H and O–H groups in total. The van der Waals surface area contributed by atoms with Crippen LogP contribution in [-0.2, 0) is 6.18 Å². The van der Waals surface area contributed by atoms with Crippen LogP contribution in [0.15, 0.2) is 18.2 Å². The van der Waals surface area contributed by atoms with Crippen molar-refractivity contribution < 1.29 is 18.1 Å². The van der Waals surface area contributed by atoms with Crippen molar-refractivity contribution in [2.24, 2.45) is 5.92 Å². The molecule has 0 heterocycles. The number of anilines is 1. The standard InChI is InChI=1S/C14H17F3N2O2/c15-14(16,17)12-9-11(5-6-13(12)19(20)21)18-8-7-10-3-1-2-4-10/h5-6,9-10,18H,1-4,7-8H2. The first-order valence-electron chi connectivity index (χ1n) is 6.97. The first-order valence-corrected chi connectivity index (χ1v) is 6.97. The summed E-state index contributed by atoms with van der Waals surface area (Å²) in [6.07, 6.45) is 0.982. The lowest BCUT2D eigenvalue weighted by Crippen LogP contribution is -2.11. The molecule has 4 nitrogen and oxygen atoms in total. The predicted octanol–water partition coefficient (Wildman–Crippen LogP) is 4.61. The van der Waals surface area contributed by atoms with Gasteiger partial charge in [0.2, 0.25) is 0 Å². The molecule has 0 bridgehead atoms. The van der Waals surface area contributed by atoms with Gasteiger partial charge in [-0.3, -0.25) is 10.1 Å². The summed E-state index contributed by atoms with van der Waals surface area (Å²) >= 11 is 0. The Hall–Kier alpha value is -1.79. The second-order valence-corrected chi connectivity index (χ2v) is 5.35. The van der Waals surface area contributed by atoms with Gasteiger partial charge >= 0.3 is 6.18 Å². The second kappa shape index (κ2) is 6.32. The summed E-state index contributed by atoms with van der Waals surface area (Å²) in [6.45, 7) is 0.583. The molecule has 1 aliphatic rings. The second-order valence-electron chi connectivity index (χ2n) is 5.35. The van der Waals surface area contributed by atoms with Crippen molar-refractivity contribution in [2.75, 3.05) is 11.9 Å². The highest BCUT2D eigenvalue weighted by Gasteiger charge is 2.38. The van der Waals surface area contributed by atoms with Crippen LogP contribution in [0.3, 0.4) is 0 Å². The number of benzene rings is 1. The number of halogens is 3. The van der Waals surface area contributed by atoms with Gasteiger partial charge in [0.25, 0.3) is 5.69 Å². The normalized spacial score (nSPS) is 16.1. The van der Waals surface area contributed by atoms with Crippen molar-refractivity contribution in [2.45, 2.75) is 38.3 Å². The van der Waals surface area contributed by atoms with E-state index >= 15 is 0 Å². The molecule has 1 fully saturated rings.